The maximum atomic E-state index is 13.3. The normalized spacial score (nSPS) is 15.1. The molecule has 164 valence electrons. The summed E-state index contributed by atoms with van der Waals surface area (Å²) in [7, 11) is 1.42. The molecule has 0 spiro atoms. The minimum atomic E-state index is -0.652. The van der Waals surface area contributed by atoms with Crippen LogP contribution in [0.25, 0.3) is 0 Å². The molecule has 2 N–H and O–H groups in total. The Labute approximate surface area is 194 Å². The number of nitrogens with zero attached hydrogens (tertiary/aromatic N) is 2. The number of aliphatic imine (C=N–C) groups is 1. The number of rotatable bonds is 6. The van der Waals surface area contributed by atoms with Crippen molar-refractivity contribution in [3.63, 3.8) is 0 Å². The predicted molar refractivity (Wildman–Crippen MR) is 124 cm³/mol. The average molecular weight is 482 g/mol. The van der Waals surface area contributed by atoms with Crippen molar-refractivity contribution in [1.82, 2.24) is 4.90 Å². The van der Waals surface area contributed by atoms with E-state index in [9.17, 15) is 9.59 Å². The van der Waals surface area contributed by atoms with Crippen LogP contribution < -0.4 is 15.2 Å². The highest BCUT2D eigenvalue weighted by atomic mass is 35.5. The van der Waals surface area contributed by atoms with Crippen LogP contribution in [0.1, 0.15) is 22.3 Å². The van der Waals surface area contributed by atoms with Crippen molar-refractivity contribution in [1.29, 1.82) is 0 Å². The molecule has 1 fully saturated rings. The smallest absolute Gasteiger partial charge is 0.260 e. The number of amides is 2. The molecule has 0 aliphatic carbocycles. The lowest BCUT2D eigenvalue weighted by atomic mass is 10.1. The lowest BCUT2D eigenvalue weighted by molar-refractivity contribution is -0.119. The van der Waals surface area contributed by atoms with Gasteiger partial charge < -0.3 is 15.2 Å². The van der Waals surface area contributed by atoms with Gasteiger partial charge in [0.15, 0.2) is 23.3 Å². The van der Waals surface area contributed by atoms with Crippen molar-refractivity contribution in [3.8, 4) is 11.5 Å². The first kappa shape index (κ1) is 23.2. The van der Waals surface area contributed by atoms with Gasteiger partial charge in [-0.15, -0.1) is 0 Å². The molecule has 10 heteroatoms. The molecule has 2 amide bonds. The van der Waals surface area contributed by atoms with Crippen LogP contribution in [0.3, 0.4) is 0 Å². The molecule has 1 heterocycles. The maximum Gasteiger partial charge on any atom is 0.260 e. The summed E-state index contributed by atoms with van der Waals surface area (Å²) in [4.78, 5) is 30.6. The lowest BCUT2D eigenvalue weighted by Crippen LogP contribution is -2.39. The molecule has 0 bridgehead atoms. The Bertz CT molecular complexity index is 1050. The Morgan fingerprint density at radius 2 is 2.00 bits per heavy atom. The van der Waals surface area contributed by atoms with Gasteiger partial charge in [0.1, 0.15) is 0 Å². The van der Waals surface area contributed by atoms with Crippen LogP contribution in [0, 0.1) is 6.92 Å². The molecule has 2 aromatic rings. The number of aryl methyl sites for hydroxylation is 1. The zero-order chi connectivity index (χ0) is 22.5. The number of ether oxygens (including phenoxy) is 2. The summed E-state index contributed by atoms with van der Waals surface area (Å²) in [6.45, 7) is 2.07. The lowest BCUT2D eigenvalue weighted by Gasteiger charge is -2.28. The van der Waals surface area contributed by atoms with Crippen molar-refractivity contribution in [3.05, 3.63) is 51.5 Å². The monoisotopic (exact) mass is 481 g/mol. The summed E-state index contributed by atoms with van der Waals surface area (Å²) in [6.07, 6.45) is 0.828. The largest absolute Gasteiger partial charge is 0.493 e. The molecule has 3 rings (SSSR count). The van der Waals surface area contributed by atoms with Crippen molar-refractivity contribution < 1.29 is 19.1 Å². The van der Waals surface area contributed by atoms with E-state index in [2.05, 4.69) is 4.99 Å². The average Bonchev–Trinajstić information content (AvgIpc) is 2.74. The van der Waals surface area contributed by atoms with Gasteiger partial charge in [-0.25, -0.2) is 4.99 Å². The van der Waals surface area contributed by atoms with E-state index in [4.69, 9.17) is 38.4 Å². The van der Waals surface area contributed by atoms with Crippen LogP contribution in [0.5, 0.6) is 11.5 Å². The first-order valence-electron chi connectivity index (χ1n) is 9.38. The zero-order valence-electron chi connectivity index (χ0n) is 17.0. The number of amidine groups is 1. The van der Waals surface area contributed by atoms with Crippen molar-refractivity contribution in [2.45, 2.75) is 13.3 Å². The van der Waals surface area contributed by atoms with Crippen LogP contribution in [-0.4, -0.2) is 47.9 Å². The van der Waals surface area contributed by atoms with Gasteiger partial charge in [-0.05, 0) is 43.2 Å². The third-order valence-electron chi connectivity index (χ3n) is 4.45. The van der Waals surface area contributed by atoms with Gasteiger partial charge in [0, 0.05) is 22.9 Å². The summed E-state index contributed by atoms with van der Waals surface area (Å²) in [5, 5.41) is 1.33. The van der Waals surface area contributed by atoms with Gasteiger partial charge in [-0.1, -0.05) is 41.0 Å². The van der Waals surface area contributed by atoms with Crippen LogP contribution in [0.15, 0.2) is 35.3 Å². The number of hydrogen-bond donors (Lipinski definition) is 1. The van der Waals surface area contributed by atoms with E-state index in [0.29, 0.717) is 28.0 Å². The number of thioether (sulfide) groups is 1. The molecule has 0 saturated carbocycles. The van der Waals surface area contributed by atoms with E-state index in [0.717, 1.165) is 17.7 Å². The van der Waals surface area contributed by atoms with Gasteiger partial charge in [0.2, 0.25) is 0 Å². The number of carbonyl (C=O) groups is 2. The first-order valence-corrected chi connectivity index (χ1v) is 11.1. The molecule has 1 aliphatic heterocycles. The SMILES string of the molecule is COc1cc(C(=O)N2CCCSC2=Nc2ccc(C)c(Cl)c2)cc(Cl)c1OCC(N)=O. The fourth-order valence-electron chi connectivity index (χ4n) is 2.89. The van der Waals surface area contributed by atoms with Crippen LogP contribution in [0.4, 0.5) is 5.69 Å². The van der Waals surface area contributed by atoms with Crippen molar-refractivity contribution in [2.24, 2.45) is 10.7 Å². The van der Waals surface area contributed by atoms with E-state index in [1.54, 1.807) is 11.0 Å². The quantitative estimate of drug-likeness (QED) is 0.657. The second-order valence-electron chi connectivity index (χ2n) is 6.73. The number of halogens is 2. The van der Waals surface area contributed by atoms with E-state index in [1.165, 1.54) is 31.0 Å². The molecule has 7 nitrogen and oxygen atoms in total. The summed E-state index contributed by atoms with van der Waals surface area (Å²) in [5.41, 5.74) is 7.06. The van der Waals surface area contributed by atoms with Crippen molar-refractivity contribution >= 4 is 57.6 Å². The summed E-state index contributed by atoms with van der Waals surface area (Å²) in [5.74, 6) is 0.305. The van der Waals surface area contributed by atoms with Gasteiger partial charge in [-0.3, -0.25) is 14.5 Å². The first-order chi connectivity index (χ1) is 14.8. The fraction of sp³-hybridized carbons (Fsp3) is 0.286. The molecule has 0 aromatic heterocycles. The number of methoxy groups -OCH3 is 1. The predicted octanol–water partition coefficient (Wildman–Crippen LogP) is 4.44. The Morgan fingerprint density at radius 3 is 2.68 bits per heavy atom. The second-order valence-corrected chi connectivity index (χ2v) is 8.61. The molecular weight excluding hydrogens is 461 g/mol. The van der Waals surface area contributed by atoms with Crippen LogP contribution >= 0.6 is 35.0 Å². The number of benzene rings is 2. The minimum absolute atomic E-state index is 0.136. The van der Waals surface area contributed by atoms with E-state index in [1.807, 2.05) is 19.1 Å². The fourth-order valence-corrected chi connectivity index (χ4v) is 4.28. The number of hydrogen-bond acceptors (Lipinski definition) is 6. The Morgan fingerprint density at radius 1 is 1.23 bits per heavy atom. The van der Waals surface area contributed by atoms with Crippen molar-refractivity contribution in [2.75, 3.05) is 26.0 Å². The van der Waals surface area contributed by atoms with Crippen LogP contribution in [0.2, 0.25) is 10.0 Å². The summed E-state index contributed by atoms with van der Waals surface area (Å²) < 4.78 is 10.6. The third kappa shape index (κ3) is 5.64. The Balaban J connectivity index is 1.92. The zero-order valence-corrected chi connectivity index (χ0v) is 19.3. The van der Waals surface area contributed by atoms with Gasteiger partial charge >= 0.3 is 0 Å². The molecule has 1 saturated heterocycles. The Hall–Kier alpha value is -2.42. The van der Waals surface area contributed by atoms with E-state index >= 15 is 0 Å². The second kappa shape index (κ2) is 10.3. The van der Waals surface area contributed by atoms with Crippen LogP contribution in [-0.2, 0) is 4.79 Å². The standard InChI is InChI=1S/C21H21Cl2N3O4S/c1-12-4-5-14(10-15(12)22)25-21-26(6-3-7-31-21)20(28)13-8-16(23)19(17(9-13)29-2)30-11-18(24)27/h4-5,8-10H,3,6-7,11H2,1-2H3,(H2,24,27). The molecule has 31 heavy (non-hydrogen) atoms. The summed E-state index contributed by atoms with van der Waals surface area (Å²) in [6, 6.07) is 8.51. The van der Waals surface area contributed by atoms with E-state index in [-0.39, 0.29) is 29.0 Å². The third-order valence-corrected chi connectivity index (χ3v) is 6.20. The Kier molecular flexibility index (Phi) is 7.69. The molecule has 2 aromatic carbocycles. The number of nitrogens with two attached hydrogens (primary N) is 1. The molecular formula is C21H21Cl2N3O4S. The number of carbonyl (C=O) groups excluding carboxylic acids is 2. The highest BCUT2D eigenvalue weighted by molar-refractivity contribution is 8.13. The van der Waals surface area contributed by atoms with Gasteiger partial charge in [0.25, 0.3) is 11.8 Å². The highest BCUT2D eigenvalue weighted by Gasteiger charge is 2.27. The molecule has 0 atom stereocenters. The van der Waals surface area contributed by atoms with Gasteiger partial charge in [-0.2, -0.15) is 0 Å². The molecule has 1 aliphatic rings. The molecule has 0 radical (unpaired) electrons. The van der Waals surface area contributed by atoms with E-state index < -0.39 is 5.91 Å². The summed E-state index contributed by atoms with van der Waals surface area (Å²) >= 11 is 14.0. The topological polar surface area (TPSA) is 94.2 Å². The minimum Gasteiger partial charge on any atom is -0.493 e. The van der Waals surface area contributed by atoms with Gasteiger partial charge in [0.05, 0.1) is 17.8 Å². The molecule has 0 unspecified atom stereocenters. The highest BCUT2D eigenvalue weighted by Crippen LogP contribution is 2.37. The number of primary amides is 1. The maximum absolute atomic E-state index is 13.3.